The van der Waals surface area contributed by atoms with E-state index in [1.165, 1.54) is 0 Å². The molecule has 110 valence electrons. The van der Waals surface area contributed by atoms with Crippen molar-refractivity contribution in [1.82, 2.24) is 20.4 Å². The van der Waals surface area contributed by atoms with Crippen LogP contribution in [-0.2, 0) is 4.79 Å². The first-order valence-corrected chi connectivity index (χ1v) is 7.65. The fraction of sp³-hybridized carbons (Fsp3) is 0.929. The highest BCUT2D eigenvalue weighted by atomic mass is 16.1. The molecular weight excluding hydrogens is 240 g/mol. The van der Waals surface area contributed by atoms with Crippen molar-refractivity contribution in [3.05, 3.63) is 0 Å². The zero-order chi connectivity index (χ0) is 13.5. The van der Waals surface area contributed by atoms with Gasteiger partial charge >= 0.3 is 0 Å². The molecule has 5 heteroatoms. The number of hydrogen-bond acceptors (Lipinski definition) is 4. The van der Waals surface area contributed by atoms with Crippen molar-refractivity contribution < 1.29 is 4.79 Å². The zero-order valence-corrected chi connectivity index (χ0v) is 12.2. The quantitative estimate of drug-likeness (QED) is 0.730. The number of hydrogen-bond donors (Lipinski definition) is 2. The summed E-state index contributed by atoms with van der Waals surface area (Å²) in [5, 5.41) is 6.53. The van der Waals surface area contributed by atoms with Crippen LogP contribution in [0.5, 0.6) is 0 Å². The van der Waals surface area contributed by atoms with E-state index in [9.17, 15) is 4.79 Å². The van der Waals surface area contributed by atoms with E-state index in [1.54, 1.807) is 0 Å². The number of likely N-dealkylation sites (tertiary alicyclic amines) is 1. The summed E-state index contributed by atoms with van der Waals surface area (Å²) in [6.45, 7) is 7.68. The molecule has 5 nitrogen and oxygen atoms in total. The maximum absolute atomic E-state index is 11.9. The number of rotatable bonds is 5. The molecule has 0 radical (unpaired) electrons. The molecule has 2 heterocycles. The minimum absolute atomic E-state index is 0.240. The Balaban J connectivity index is 1.54. The molecule has 0 unspecified atom stereocenters. The fourth-order valence-electron chi connectivity index (χ4n) is 2.85. The van der Waals surface area contributed by atoms with Gasteiger partial charge in [-0.2, -0.15) is 0 Å². The van der Waals surface area contributed by atoms with E-state index >= 15 is 0 Å². The van der Waals surface area contributed by atoms with Gasteiger partial charge in [0.1, 0.15) is 0 Å². The number of piperidine rings is 1. The monoisotopic (exact) mass is 268 g/mol. The summed E-state index contributed by atoms with van der Waals surface area (Å²) in [5.41, 5.74) is 0. The van der Waals surface area contributed by atoms with E-state index in [2.05, 4.69) is 27.5 Å². The van der Waals surface area contributed by atoms with Crippen LogP contribution >= 0.6 is 0 Å². The summed E-state index contributed by atoms with van der Waals surface area (Å²) in [4.78, 5) is 16.6. The highest BCUT2D eigenvalue weighted by Gasteiger charge is 2.18. The van der Waals surface area contributed by atoms with Gasteiger partial charge in [0.05, 0.1) is 0 Å². The van der Waals surface area contributed by atoms with Crippen molar-refractivity contribution in [2.45, 2.75) is 31.7 Å². The maximum Gasteiger partial charge on any atom is 0.220 e. The van der Waals surface area contributed by atoms with E-state index in [-0.39, 0.29) is 5.91 Å². The van der Waals surface area contributed by atoms with Crippen molar-refractivity contribution in [3.63, 3.8) is 0 Å². The smallest absolute Gasteiger partial charge is 0.220 e. The molecule has 0 aromatic heterocycles. The largest absolute Gasteiger partial charge is 0.353 e. The van der Waals surface area contributed by atoms with Crippen molar-refractivity contribution in [2.24, 2.45) is 0 Å². The molecule has 0 aliphatic carbocycles. The van der Waals surface area contributed by atoms with E-state index < -0.39 is 0 Å². The SMILES string of the molecule is CN1CCC(NC(=O)CCCN2CCNCC2)CC1. The maximum atomic E-state index is 11.9. The number of carbonyl (C=O) groups excluding carboxylic acids is 1. The Bertz CT molecular complexity index is 271. The lowest BCUT2D eigenvalue weighted by Gasteiger charge is -2.29. The normalized spacial score (nSPS) is 23.4. The molecule has 19 heavy (non-hydrogen) atoms. The first-order chi connectivity index (χ1) is 9.24. The molecule has 2 rings (SSSR count). The first-order valence-electron chi connectivity index (χ1n) is 7.65. The van der Waals surface area contributed by atoms with Gasteiger partial charge in [-0.25, -0.2) is 0 Å². The molecule has 2 aliphatic heterocycles. The predicted octanol–water partition coefficient (Wildman–Crippen LogP) is -0.118. The number of piperazine rings is 1. The van der Waals surface area contributed by atoms with Crippen LogP contribution in [0.4, 0.5) is 0 Å². The van der Waals surface area contributed by atoms with Crippen molar-refractivity contribution in [2.75, 3.05) is 52.9 Å². The van der Waals surface area contributed by atoms with Crippen LogP contribution in [0.25, 0.3) is 0 Å². The molecular formula is C14H28N4O. The fourth-order valence-corrected chi connectivity index (χ4v) is 2.85. The molecule has 2 N–H and O–H groups in total. The van der Waals surface area contributed by atoms with Gasteiger partial charge in [-0.1, -0.05) is 0 Å². The van der Waals surface area contributed by atoms with Gasteiger partial charge < -0.3 is 20.4 Å². The standard InChI is InChI=1S/C14H28N4O/c1-17-9-4-13(5-10-17)16-14(19)3-2-8-18-11-6-15-7-12-18/h13,15H,2-12H2,1H3,(H,16,19). The molecule has 2 aliphatic rings. The topological polar surface area (TPSA) is 47.6 Å². The number of nitrogens with zero attached hydrogens (tertiary/aromatic N) is 2. The second-order valence-electron chi connectivity index (χ2n) is 5.84. The van der Waals surface area contributed by atoms with E-state index in [1.807, 2.05) is 0 Å². The van der Waals surface area contributed by atoms with Crippen LogP contribution in [0, 0.1) is 0 Å². The Morgan fingerprint density at radius 3 is 2.58 bits per heavy atom. The van der Waals surface area contributed by atoms with E-state index in [0.29, 0.717) is 12.5 Å². The molecule has 0 spiro atoms. The number of carbonyl (C=O) groups is 1. The van der Waals surface area contributed by atoms with Crippen molar-refractivity contribution >= 4 is 5.91 Å². The van der Waals surface area contributed by atoms with E-state index in [4.69, 9.17) is 0 Å². The lowest BCUT2D eigenvalue weighted by molar-refractivity contribution is -0.122. The molecule has 0 bridgehead atoms. The Morgan fingerprint density at radius 2 is 1.89 bits per heavy atom. The third-order valence-electron chi connectivity index (χ3n) is 4.17. The summed E-state index contributed by atoms with van der Waals surface area (Å²) < 4.78 is 0. The van der Waals surface area contributed by atoms with Gasteiger partial charge in [0.25, 0.3) is 0 Å². The van der Waals surface area contributed by atoms with Gasteiger partial charge in [-0.3, -0.25) is 4.79 Å². The third kappa shape index (κ3) is 5.47. The molecule has 2 fully saturated rings. The lowest BCUT2D eigenvalue weighted by Crippen LogP contribution is -2.44. The summed E-state index contributed by atoms with van der Waals surface area (Å²) in [6.07, 6.45) is 3.86. The lowest BCUT2D eigenvalue weighted by atomic mass is 10.1. The minimum Gasteiger partial charge on any atom is -0.353 e. The van der Waals surface area contributed by atoms with Crippen LogP contribution in [0.15, 0.2) is 0 Å². The van der Waals surface area contributed by atoms with Crippen molar-refractivity contribution in [3.8, 4) is 0 Å². The van der Waals surface area contributed by atoms with Crippen LogP contribution in [0.3, 0.4) is 0 Å². The van der Waals surface area contributed by atoms with Gasteiger partial charge in [-0.15, -0.1) is 0 Å². The molecule has 0 atom stereocenters. The molecule has 0 aromatic carbocycles. The second-order valence-corrected chi connectivity index (χ2v) is 5.84. The molecule has 2 saturated heterocycles. The first kappa shape index (κ1) is 14.8. The van der Waals surface area contributed by atoms with Crippen molar-refractivity contribution in [1.29, 1.82) is 0 Å². The molecule has 0 aromatic rings. The molecule has 1 amide bonds. The minimum atomic E-state index is 0.240. The Labute approximate surface area is 116 Å². The Morgan fingerprint density at radius 1 is 1.21 bits per heavy atom. The zero-order valence-electron chi connectivity index (χ0n) is 12.2. The Kier molecular flexibility index (Phi) is 6.07. The van der Waals surface area contributed by atoms with Gasteiger partial charge in [0.15, 0.2) is 0 Å². The van der Waals surface area contributed by atoms with Crippen LogP contribution in [0.1, 0.15) is 25.7 Å². The van der Waals surface area contributed by atoms with Gasteiger partial charge in [0.2, 0.25) is 5.91 Å². The van der Waals surface area contributed by atoms with Crippen LogP contribution in [0.2, 0.25) is 0 Å². The number of amides is 1. The average molecular weight is 268 g/mol. The summed E-state index contributed by atoms with van der Waals surface area (Å²) in [6, 6.07) is 0.405. The predicted molar refractivity (Wildman–Crippen MR) is 77.2 cm³/mol. The van der Waals surface area contributed by atoms with Gasteiger partial charge in [-0.05, 0) is 45.9 Å². The highest BCUT2D eigenvalue weighted by molar-refractivity contribution is 5.76. The third-order valence-corrected chi connectivity index (χ3v) is 4.17. The van der Waals surface area contributed by atoms with Crippen LogP contribution < -0.4 is 10.6 Å². The summed E-state index contributed by atoms with van der Waals surface area (Å²) >= 11 is 0. The van der Waals surface area contributed by atoms with Gasteiger partial charge in [0, 0.05) is 38.6 Å². The van der Waals surface area contributed by atoms with Crippen LogP contribution in [-0.4, -0.2) is 74.6 Å². The summed E-state index contributed by atoms with van der Waals surface area (Å²) in [7, 11) is 2.14. The summed E-state index contributed by atoms with van der Waals surface area (Å²) in [5.74, 6) is 0.240. The average Bonchev–Trinajstić information content (AvgIpc) is 2.43. The molecule has 0 saturated carbocycles. The van der Waals surface area contributed by atoms with E-state index in [0.717, 1.165) is 65.1 Å². The second kappa shape index (κ2) is 7.82. The highest BCUT2D eigenvalue weighted by Crippen LogP contribution is 2.08. The Hall–Kier alpha value is -0.650. The number of nitrogens with one attached hydrogen (secondary N) is 2.